The van der Waals surface area contributed by atoms with Crippen molar-refractivity contribution in [1.29, 1.82) is 0 Å². The monoisotopic (exact) mass is 401 g/mol. The van der Waals surface area contributed by atoms with Gasteiger partial charge < -0.3 is 9.84 Å². The summed E-state index contributed by atoms with van der Waals surface area (Å²) in [5.74, 6) is 0.108. The fourth-order valence-electron chi connectivity index (χ4n) is 3.33. The van der Waals surface area contributed by atoms with E-state index >= 15 is 0 Å². The Hall–Kier alpha value is -4.34. The molecule has 30 heavy (non-hydrogen) atoms. The molecule has 10 heteroatoms. The molecule has 148 valence electrons. The van der Waals surface area contributed by atoms with Gasteiger partial charge in [-0.05, 0) is 18.6 Å². The lowest BCUT2D eigenvalue weighted by Crippen LogP contribution is -2.40. The summed E-state index contributed by atoms with van der Waals surface area (Å²) in [7, 11) is 0. The second-order valence-electron chi connectivity index (χ2n) is 6.92. The largest absolute Gasteiger partial charge is 0.332 e. The van der Waals surface area contributed by atoms with Gasteiger partial charge in [-0.25, -0.2) is 4.79 Å². The van der Waals surface area contributed by atoms with Crippen molar-refractivity contribution in [2.45, 2.75) is 12.5 Å². The highest BCUT2D eigenvalue weighted by Crippen LogP contribution is 2.30. The van der Waals surface area contributed by atoms with Crippen molar-refractivity contribution in [2.24, 2.45) is 0 Å². The molecule has 3 heterocycles. The summed E-state index contributed by atoms with van der Waals surface area (Å²) < 4.78 is 5.42. The van der Waals surface area contributed by atoms with Gasteiger partial charge in [-0.2, -0.15) is 20.4 Å². The zero-order chi connectivity index (χ0) is 20.7. The molecule has 0 bridgehead atoms. The highest BCUT2D eigenvalue weighted by atomic mass is 16.5. The Bertz CT molecular complexity index is 1260. The van der Waals surface area contributed by atoms with Crippen LogP contribution < -0.4 is 10.6 Å². The molecule has 0 saturated carbocycles. The van der Waals surface area contributed by atoms with Gasteiger partial charge in [0, 0.05) is 11.1 Å². The van der Waals surface area contributed by atoms with E-state index in [0.29, 0.717) is 28.3 Å². The molecule has 1 atom stereocenters. The molecule has 1 aliphatic rings. The quantitative estimate of drug-likeness (QED) is 0.446. The van der Waals surface area contributed by atoms with E-state index in [4.69, 9.17) is 4.52 Å². The number of aromatic nitrogens is 5. The van der Waals surface area contributed by atoms with E-state index in [1.165, 1.54) is 0 Å². The molecule has 1 aliphatic heterocycles. The summed E-state index contributed by atoms with van der Waals surface area (Å²) in [4.78, 5) is 28.3. The lowest BCUT2D eigenvalue weighted by molar-refractivity contribution is -0.123. The van der Waals surface area contributed by atoms with Crippen LogP contribution in [0.2, 0.25) is 0 Å². The van der Waals surface area contributed by atoms with Gasteiger partial charge >= 0.3 is 6.03 Å². The Morgan fingerprint density at radius 2 is 1.70 bits per heavy atom. The molecule has 4 aromatic rings. The topological polar surface area (TPSA) is 139 Å². The number of carbonyl (C=O) groups excluding carboxylic acids is 2. The van der Waals surface area contributed by atoms with Crippen LogP contribution in [0.4, 0.5) is 4.79 Å². The standard InChI is InChI=1S/C20H15N7O3/c1-20(18(28)22-19(29)23-20)13-9-5-8-12(10-13)16-21-17(30-26-16)15-14(24-27-25-15)11-6-3-2-4-7-11/h2-10H,1H3,(H,24,25,27)(H2,22,23,28,29). The number of aromatic amines is 1. The molecule has 3 amide bonds. The maximum Gasteiger partial charge on any atom is 0.322 e. The van der Waals surface area contributed by atoms with E-state index in [-0.39, 0.29) is 5.89 Å². The molecule has 0 aliphatic carbocycles. The van der Waals surface area contributed by atoms with Crippen LogP contribution in [0.3, 0.4) is 0 Å². The van der Waals surface area contributed by atoms with Crippen LogP contribution in [-0.4, -0.2) is 37.5 Å². The third-order valence-corrected chi connectivity index (χ3v) is 4.97. The number of imide groups is 1. The molecule has 2 aromatic heterocycles. The summed E-state index contributed by atoms with van der Waals surface area (Å²) in [5.41, 5.74) is 1.94. The second kappa shape index (κ2) is 6.62. The Morgan fingerprint density at radius 3 is 2.47 bits per heavy atom. The predicted octanol–water partition coefficient (Wildman–Crippen LogP) is 2.24. The first-order chi connectivity index (χ1) is 14.5. The van der Waals surface area contributed by atoms with E-state index in [1.807, 2.05) is 30.3 Å². The van der Waals surface area contributed by atoms with E-state index in [1.54, 1.807) is 31.2 Å². The van der Waals surface area contributed by atoms with Crippen molar-refractivity contribution in [3.05, 3.63) is 60.2 Å². The van der Waals surface area contributed by atoms with Crippen molar-refractivity contribution < 1.29 is 14.1 Å². The van der Waals surface area contributed by atoms with Crippen molar-refractivity contribution >= 4 is 11.9 Å². The van der Waals surface area contributed by atoms with Crippen molar-refractivity contribution in [2.75, 3.05) is 0 Å². The summed E-state index contributed by atoms with van der Waals surface area (Å²) >= 11 is 0. The van der Waals surface area contributed by atoms with Crippen LogP contribution in [0.1, 0.15) is 12.5 Å². The van der Waals surface area contributed by atoms with Gasteiger partial charge in [-0.3, -0.25) is 10.1 Å². The Kier molecular flexibility index (Phi) is 3.91. The number of hydrogen-bond donors (Lipinski definition) is 3. The lowest BCUT2D eigenvalue weighted by atomic mass is 9.91. The maximum absolute atomic E-state index is 12.2. The minimum Gasteiger partial charge on any atom is -0.332 e. The first-order valence-electron chi connectivity index (χ1n) is 9.09. The minimum atomic E-state index is -1.17. The number of nitrogens with one attached hydrogen (secondary N) is 3. The van der Waals surface area contributed by atoms with E-state index in [0.717, 1.165) is 5.56 Å². The number of nitrogens with zero attached hydrogens (tertiary/aromatic N) is 4. The molecule has 0 radical (unpaired) electrons. The van der Waals surface area contributed by atoms with Crippen LogP contribution in [0.5, 0.6) is 0 Å². The Morgan fingerprint density at radius 1 is 0.933 bits per heavy atom. The smallest absolute Gasteiger partial charge is 0.322 e. The first kappa shape index (κ1) is 17.7. The molecule has 2 aromatic carbocycles. The van der Waals surface area contributed by atoms with Crippen LogP contribution in [0, 0.1) is 0 Å². The highest BCUT2D eigenvalue weighted by Gasteiger charge is 2.43. The molecule has 5 rings (SSSR count). The van der Waals surface area contributed by atoms with Gasteiger partial charge in [0.25, 0.3) is 11.8 Å². The number of rotatable bonds is 4. The van der Waals surface area contributed by atoms with Gasteiger partial charge in [-0.1, -0.05) is 53.7 Å². The van der Waals surface area contributed by atoms with Gasteiger partial charge in [0.05, 0.1) is 0 Å². The number of urea groups is 1. The lowest BCUT2D eigenvalue weighted by Gasteiger charge is -2.21. The zero-order valence-corrected chi connectivity index (χ0v) is 15.7. The summed E-state index contributed by atoms with van der Waals surface area (Å²) in [6, 6.07) is 16.0. The fourth-order valence-corrected chi connectivity index (χ4v) is 3.33. The number of benzene rings is 2. The SMILES string of the molecule is CC1(c2cccc(-c3noc(-c4n[nH]nc4-c4ccccc4)n3)c2)NC(=O)NC1=O. The Balaban J connectivity index is 1.50. The van der Waals surface area contributed by atoms with E-state index < -0.39 is 17.5 Å². The Labute approximate surface area is 169 Å². The first-order valence-corrected chi connectivity index (χ1v) is 9.09. The van der Waals surface area contributed by atoms with Crippen LogP contribution in [0.25, 0.3) is 34.2 Å². The summed E-state index contributed by atoms with van der Waals surface area (Å²) in [6.45, 7) is 1.63. The molecule has 10 nitrogen and oxygen atoms in total. The van der Waals surface area contributed by atoms with Crippen LogP contribution in [-0.2, 0) is 10.3 Å². The predicted molar refractivity (Wildman–Crippen MR) is 105 cm³/mol. The highest BCUT2D eigenvalue weighted by molar-refractivity contribution is 6.07. The minimum absolute atomic E-state index is 0.209. The number of amides is 3. The van der Waals surface area contributed by atoms with Gasteiger partial charge in [0.2, 0.25) is 5.82 Å². The normalized spacial score (nSPS) is 18.3. The molecular weight excluding hydrogens is 386 g/mol. The number of hydrogen-bond acceptors (Lipinski definition) is 7. The molecule has 3 N–H and O–H groups in total. The van der Waals surface area contributed by atoms with Crippen molar-refractivity contribution in [3.8, 4) is 34.2 Å². The maximum atomic E-state index is 12.2. The fraction of sp³-hybridized carbons (Fsp3) is 0.100. The molecular formula is C20H15N7O3. The van der Waals surface area contributed by atoms with Gasteiger partial charge in [-0.15, -0.1) is 0 Å². The van der Waals surface area contributed by atoms with Crippen molar-refractivity contribution in [3.63, 3.8) is 0 Å². The molecule has 1 fully saturated rings. The second-order valence-corrected chi connectivity index (χ2v) is 6.92. The molecule has 1 saturated heterocycles. The number of carbonyl (C=O) groups is 2. The van der Waals surface area contributed by atoms with E-state index in [2.05, 4.69) is 36.2 Å². The number of H-pyrrole nitrogens is 1. The van der Waals surface area contributed by atoms with Crippen LogP contribution >= 0.6 is 0 Å². The molecule has 0 spiro atoms. The summed E-state index contributed by atoms with van der Waals surface area (Å²) in [5, 5.41) is 19.9. The van der Waals surface area contributed by atoms with Gasteiger partial charge in [0.15, 0.2) is 5.69 Å². The van der Waals surface area contributed by atoms with Crippen LogP contribution in [0.15, 0.2) is 59.1 Å². The average molecular weight is 401 g/mol. The zero-order valence-electron chi connectivity index (χ0n) is 15.7. The van der Waals surface area contributed by atoms with Crippen molar-refractivity contribution in [1.82, 2.24) is 36.2 Å². The third-order valence-electron chi connectivity index (χ3n) is 4.97. The van der Waals surface area contributed by atoms with E-state index in [9.17, 15) is 9.59 Å². The molecule has 1 unspecified atom stereocenters. The average Bonchev–Trinajstić information content (AvgIpc) is 3.48. The van der Waals surface area contributed by atoms with Gasteiger partial charge in [0.1, 0.15) is 11.2 Å². The third kappa shape index (κ3) is 2.82. The summed E-state index contributed by atoms with van der Waals surface area (Å²) in [6.07, 6.45) is 0.